The van der Waals surface area contributed by atoms with Crippen LogP contribution in [0.2, 0.25) is 0 Å². The van der Waals surface area contributed by atoms with Crippen molar-refractivity contribution in [3.05, 3.63) is 65.6 Å². The molecule has 3 heterocycles. The van der Waals surface area contributed by atoms with E-state index in [1.54, 1.807) is 29.3 Å². The van der Waals surface area contributed by atoms with Crippen LogP contribution in [0.5, 0.6) is 5.88 Å². The largest absolute Gasteiger partial charge is 0.416 e. The quantitative estimate of drug-likeness (QED) is 0.751. The van der Waals surface area contributed by atoms with Gasteiger partial charge in [0, 0.05) is 31.0 Å². The first kappa shape index (κ1) is 16.7. The number of hydrogen-bond donors (Lipinski definition) is 0. The Morgan fingerprint density at radius 2 is 2.04 bits per heavy atom. The highest BCUT2D eigenvalue weighted by Gasteiger charge is 2.20. The number of ether oxygens (including phenoxy) is 1. The van der Waals surface area contributed by atoms with E-state index in [4.69, 9.17) is 4.74 Å². The van der Waals surface area contributed by atoms with Crippen molar-refractivity contribution in [2.45, 2.75) is 19.8 Å². The maximum atomic E-state index is 12.1. The number of nitrogens with zero attached hydrogens (tertiary/aromatic N) is 3. The van der Waals surface area contributed by atoms with Crippen LogP contribution in [0.1, 0.15) is 24.2 Å². The van der Waals surface area contributed by atoms with E-state index in [2.05, 4.69) is 21.8 Å². The molecule has 1 aliphatic rings. The number of piperidine rings is 1. The Morgan fingerprint density at radius 1 is 1.20 bits per heavy atom. The summed E-state index contributed by atoms with van der Waals surface area (Å²) in [6.07, 6.45) is 4.78. The molecule has 2 aromatic heterocycles. The van der Waals surface area contributed by atoms with Crippen molar-refractivity contribution < 1.29 is 9.53 Å². The molecule has 0 saturated carbocycles. The number of likely N-dealkylation sites (tertiary alicyclic amines) is 1. The lowest BCUT2D eigenvalue weighted by Crippen LogP contribution is -2.38. The summed E-state index contributed by atoms with van der Waals surface area (Å²) < 4.78 is 5.26. The molecule has 0 radical (unpaired) electrons. The minimum atomic E-state index is -0.354. The van der Waals surface area contributed by atoms with Crippen molar-refractivity contribution in [3.63, 3.8) is 0 Å². The molecule has 126 valence electrons. The summed E-state index contributed by atoms with van der Waals surface area (Å²) >= 11 is 0. The third-order valence-corrected chi connectivity index (χ3v) is 3.86. The molecule has 5 heteroatoms. The Labute approximate surface area is 147 Å². The predicted molar refractivity (Wildman–Crippen MR) is 95.0 cm³/mol. The second-order valence-electron chi connectivity index (χ2n) is 5.76. The topological polar surface area (TPSA) is 55.3 Å². The molecular weight excluding hydrogens is 314 g/mol. The van der Waals surface area contributed by atoms with Gasteiger partial charge in [0.05, 0.1) is 0 Å². The zero-order valence-corrected chi connectivity index (χ0v) is 14.1. The first-order valence-corrected chi connectivity index (χ1v) is 8.21. The van der Waals surface area contributed by atoms with E-state index in [0.29, 0.717) is 19.0 Å². The van der Waals surface area contributed by atoms with Gasteiger partial charge < -0.3 is 9.64 Å². The van der Waals surface area contributed by atoms with Gasteiger partial charge in [0.25, 0.3) is 0 Å². The summed E-state index contributed by atoms with van der Waals surface area (Å²) in [4.78, 5) is 22.2. The minimum absolute atomic E-state index is 0.324. The third kappa shape index (κ3) is 4.92. The fourth-order valence-electron chi connectivity index (χ4n) is 2.51. The van der Waals surface area contributed by atoms with Crippen molar-refractivity contribution in [2.75, 3.05) is 13.1 Å². The van der Waals surface area contributed by atoms with Gasteiger partial charge in [-0.15, -0.1) is 0 Å². The first-order chi connectivity index (χ1) is 12.2. The summed E-state index contributed by atoms with van der Waals surface area (Å²) in [6, 6.07) is 11.0. The number of aryl methyl sites for hydroxylation is 1. The molecule has 3 rings (SSSR count). The molecule has 0 atom stereocenters. The van der Waals surface area contributed by atoms with Gasteiger partial charge in [-0.25, -0.2) is 14.8 Å². The predicted octanol–water partition coefficient (Wildman–Crippen LogP) is 3.36. The smallest absolute Gasteiger partial charge is 0.391 e. The Kier molecular flexibility index (Phi) is 5.43. The number of rotatable bonds is 1. The molecule has 0 unspecified atom stereocenters. The molecule has 5 nitrogen and oxygen atoms in total. The normalized spacial score (nSPS) is 13.6. The number of aromatic nitrogens is 2. The molecule has 0 aliphatic carbocycles. The van der Waals surface area contributed by atoms with Gasteiger partial charge in [-0.1, -0.05) is 23.6 Å². The number of carbonyl (C=O) groups excluding carboxylic acids is 1. The lowest BCUT2D eigenvalue weighted by atomic mass is 10.0. The molecule has 0 N–H and O–H groups in total. The average Bonchev–Trinajstić information content (AvgIpc) is 2.63. The Balaban J connectivity index is 1.52. The lowest BCUT2D eigenvalue weighted by Gasteiger charge is -2.27. The standard InChI is InChI=1S/C20H19N3O2/c1-16-6-4-8-18(22-16)9-5-7-17-11-14-23(15-12-17)20(24)25-19-10-2-3-13-21-19/h2-4,6-8,10,13H,11-12,14-15H2,1H3. The molecule has 0 spiro atoms. The summed E-state index contributed by atoms with van der Waals surface area (Å²) in [6.45, 7) is 3.20. The van der Waals surface area contributed by atoms with Crippen LogP contribution < -0.4 is 4.74 Å². The van der Waals surface area contributed by atoms with Crippen LogP contribution in [0, 0.1) is 18.8 Å². The van der Waals surface area contributed by atoms with Gasteiger partial charge in [0.15, 0.2) is 0 Å². The van der Waals surface area contributed by atoms with E-state index in [1.807, 2.05) is 31.2 Å². The van der Waals surface area contributed by atoms with E-state index in [0.717, 1.165) is 24.2 Å². The Bertz CT molecular complexity index is 825. The van der Waals surface area contributed by atoms with Crippen molar-refractivity contribution in [1.82, 2.24) is 14.9 Å². The van der Waals surface area contributed by atoms with E-state index in [-0.39, 0.29) is 6.09 Å². The van der Waals surface area contributed by atoms with Crippen molar-refractivity contribution in [2.24, 2.45) is 0 Å². The number of pyridine rings is 2. The molecule has 0 bridgehead atoms. The molecule has 1 fully saturated rings. The van der Waals surface area contributed by atoms with Crippen LogP contribution in [0.15, 0.2) is 54.2 Å². The number of allylic oxidation sites excluding steroid dienone is 1. The monoisotopic (exact) mass is 333 g/mol. The van der Waals surface area contributed by atoms with Crippen LogP contribution in [0.25, 0.3) is 0 Å². The van der Waals surface area contributed by atoms with Gasteiger partial charge >= 0.3 is 6.09 Å². The van der Waals surface area contributed by atoms with Crippen LogP contribution in [-0.2, 0) is 0 Å². The van der Waals surface area contributed by atoms with Crippen molar-refractivity contribution in [1.29, 1.82) is 0 Å². The molecule has 0 aromatic carbocycles. The van der Waals surface area contributed by atoms with Crippen molar-refractivity contribution in [3.8, 4) is 17.7 Å². The Morgan fingerprint density at radius 3 is 2.76 bits per heavy atom. The van der Waals surface area contributed by atoms with E-state index >= 15 is 0 Å². The summed E-state index contributed by atoms with van der Waals surface area (Å²) in [5, 5.41) is 0. The van der Waals surface area contributed by atoms with E-state index < -0.39 is 0 Å². The summed E-state index contributed by atoms with van der Waals surface area (Å²) in [5.41, 5.74) is 2.97. The average molecular weight is 333 g/mol. The van der Waals surface area contributed by atoms with Crippen LogP contribution in [0.4, 0.5) is 4.79 Å². The van der Waals surface area contributed by atoms with Gasteiger partial charge in [0.2, 0.25) is 5.88 Å². The van der Waals surface area contributed by atoms with Gasteiger partial charge in [-0.3, -0.25) is 0 Å². The number of hydrogen-bond acceptors (Lipinski definition) is 4. The lowest BCUT2D eigenvalue weighted by molar-refractivity contribution is 0.147. The molecule has 25 heavy (non-hydrogen) atoms. The highest BCUT2D eigenvalue weighted by Crippen LogP contribution is 2.17. The maximum absolute atomic E-state index is 12.1. The van der Waals surface area contributed by atoms with Crippen LogP contribution >= 0.6 is 0 Å². The summed E-state index contributed by atoms with van der Waals surface area (Å²) in [5.74, 6) is 6.44. The van der Waals surface area contributed by atoms with Gasteiger partial charge in [-0.05, 0) is 50.0 Å². The maximum Gasteiger partial charge on any atom is 0.416 e. The first-order valence-electron chi connectivity index (χ1n) is 8.21. The van der Waals surface area contributed by atoms with E-state index in [1.165, 1.54) is 5.57 Å². The van der Waals surface area contributed by atoms with Crippen LogP contribution in [-0.4, -0.2) is 34.1 Å². The highest BCUT2D eigenvalue weighted by molar-refractivity contribution is 5.70. The zero-order valence-electron chi connectivity index (χ0n) is 14.1. The third-order valence-electron chi connectivity index (χ3n) is 3.86. The number of carbonyl (C=O) groups is 1. The second kappa shape index (κ2) is 8.11. The second-order valence-corrected chi connectivity index (χ2v) is 5.76. The molecule has 1 aliphatic heterocycles. The van der Waals surface area contributed by atoms with Crippen LogP contribution in [0.3, 0.4) is 0 Å². The minimum Gasteiger partial charge on any atom is -0.391 e. The van der Waals surface area contributed by atoms with Gasteiger partial charge in [-0.2, -0.15) is 0 Å². The van der Waals surface area contributed by atoms with E-state index in [9.17, 15) is 4.79 Å². The summed E-state index contributed by atoms with van der Waals surface area (Å²) in [7, 11) is 0. The van der Waals surface area contributed by atoms with Gasteiger partial charge in [0.1, 0.15) is 5.69 Å². The Hall–Kier alpha value is -3.13. The molecular formula is C20H19N3O2. The highest BCUT2D eigenvalue weighted by atomic mass is 16.6. The SMILES string of the molecule is Cc1cccc(C#CC=C2CCN(C(=O)Oc3ccccn3)CC2)n1. The van der Waals surface area contributed by atoms with Crippen molar-refractivity contribution >= 4 is 6.09 Å². The molecule has 1 saturated heterocycles. The zero-order chi connectivity index (χ0) is 17.5. The fourth-order valence-corrected chi connectivity index (χ4v) is 2.51. The number of amides is 1. The molecule has 2 aromatic rings. The molecule has 1 amide bonds. The fraction of sp³-hybridized carbons (Fsp3) is 0.250.